The minimum absolute atomic E-state index is 0.211. The van der Waals surface area contributed by atoms with Crippen molar-refractivity contribution in [3.05, 3.63) is 87.7 Å². The zero-order valence-electron chi connectivity index (χ0n) is 16.8. The number of amides is 1. The third-order valence-corrected chi connectivity index (χ3v) is 4.25. The number of hydrogen-bond acceptors (Lipinski definition) is 7. The average molecular weight is 421 g/mol. The van der Waals surface area contributed by atoms with E-state index in [1.54, 1.807) is 43.3 Å². The van der Waals surface area contributed by atoms with Crippen LogP contribution in [0, 0.1) is 17.0 Å². The van der Waals surface area contributed by atoms with E-state index < -0.39 is 16.8 Å². The van der Waals surface area contributed by atoms with Gasteiger partial charge in [-0.1, -0.05) is 29.8 Å². The molecule has 3 rings (SSSR count). The quantitative estimate of drug-likeness (QED) is 0.205. The Bertz CT molecular complexity index is 1150. The number of carbonyl (C=O) groups is 2. The van der Waals surface area contributed by atoms with Crippen LogP contribution in [0.1, 0.15) is 28.4 Å². The van der Waals surface area contributed by atoms with E-state index in [4.69, 9.17) is 4.74 Å². The van der Waals surface area contributed by atoms with E-state index in [0.717, 1.165) is 22.6 Å². The lowest BCUT2D eigenvalue weighted by Gasteiger charge is -2.10. The van der Waals surface area contributed by atoms with Gasteiger partial charge in [0.25, 0.3) is 5.91 Å². The Hall–Kier alpha value is -4.34. The lowest BCUT2D eigenvalue weighted by atomic mass is 10.1. The summed E-state index contributed by atoms with van der Waals surface area (Å²) in [6, 6.07) is 13.8. The normalized spacial score (nSPS) is 11.1. The van der Waals surface area contributed by atoms with Crippen molar-refractivity contribution < 1.29 is 19.2 Å². The van der Waals surface area contributed by atoms with E-state index in [1.807, 2.05) is 19.1 Å². The Morgan fingerprint density at radius 1 is 1.19 bits per heavy atom. The van der Waals surface area contributed by atoms with Gasteiger partial charge < -0.3 is 4.74 Å². The van der Waals surface area contributed by atoms with Gasteiger partial charge in [-0.3, -0.25) is 19.6 Å². The summed E-state index contributed by atoms with van der Waals surface area (Å²) in [6.45, 7) is 3.33. The number of para-hydroxylation sites is 1. The van der Waals surface area contributed by atoms with Gasteiger partial charge >= 0.3 is 11.7 Å². The monoisotopic (exact) mass is 421 g/mol. The zero-order valence-corrected chi connectivity index (χ0v) is 16.8. The number of nitrogens with one attached hydrogen (secondary N) is 1. The molecule has 0 atom stereocenters. The van der Waals surface area contributed by atoms with Gasteiger partial charge in [-0.2, -0.15) is 10.2 Å². The number of aryl methyl sites for hydroxylation is 1. The van der Waals surface area contributed by atoms with Gasteiger partial charge in [-0.15, -0.1) is 0 Å². The van der Waals surface area contributed by atoms with E-state index in [1.165, 1.54) is 0 Å². The van der Waals surface area contributed by atoms with E-state index >= 15 is 0 Å². The second-order valence-corrected chi connectivity index (χ2v) is 6.64. The minimum atomic E-state index is -0.599. The molecule has 0 aliphatic rings. The summed E-state index contributed by atoms with van der Waals surface area (Å²) in [4.78, 5) is 34.6. The molecule has 0 aliphatic heterocycles. The number of aromatic nitrogens is 2. The molecule has 31 heavy (non-hydrogen) atoms. The van der Waals surface area contributed by atoms with Gasteiger partial charge in [0, 0.05) is 5.56 Å². The standard InChI is InChI=1S/C21H19N5O5/c1-14-7-9-16(10-8-14)21(28)31-19-6-4-3-5-18(19)15(2)23-24-20(27)13-25-12-17(11-22-25)26(29)30/h3-12H,13H2,1-2H3,(H,24,27)/b23-15+. The van der Waals surface area contributed by atoms with Crippen molar-refractivity contribution in [2.75, 3.05) is 0 Å². The lowest BCUT2D eigenvalue weighted by molar-refractivity contribution is -0.385. The molecule has 0 unspecified atom stereocenters. The number of hydrazone groups is 1. The van der Waals surface area contributed by atoms with Crippen LogP contribution in [-0.2, 0) is 11.3 Å². The molecule has 1 amide bonds. The Labute approximate surface area is 177 Å². The molecule has 2 aromatic carbocycles. The van der Waals surface area contributed by atoms with Crippen molar-refractivity contribution in [3.63, 3.8) is 0 Å². The van der Waals surface area contributed by atoms with Crippen LogP contribution in [0.4, 0.5) is 5.69 Å². The maximum absolute atomic E-state index is 12.4. The maximum atomic E-state index is 12.4. The third kappa shape index (κ3) is 5.60. The highest BCUT2D eigenvalue weighted by molar-refractivity contribution is 6.02. The first-order valence-electron chi connectivity index (χ1n) is 9.21. The van der Waals surface area contributed by atoms with Crippen LogP contribution >= 0.6 is 0 Å². The van der Waals surface area contributed by atoms with E-state index in [9.17, 15) is 19.7 Å². The van der Waals surface area contributed by atoms with Gasteiger partial charge in [-0.05, 0) is 38.1 Å². The highest BCUT2D eigenvalue weighted by Gasteiger charge is 2.14. The van der Waals surface area contributed by atoms with E-state index in [0.29, 0.717) is 22.6 Å². The van der Waals surface area contributed by atoms with Gasteiger partial charge in [-0.25, -0.2) is 10.2 Å². The number of carbonyl (C=O) groups excluding carboxylic acids is 2. The second-order valence-electron chi connectivity index (χ2n) is 6.64. The Balaban J connectivity index is 1.68. The van der Waals surface area contributed by atoms with Crippen LogP contribution in [0.3, 0.4) is 0 Å². The predicted molar refractivity (Wildman–Crippen MR) is 112 cm³/mol. The number of rotatable bonds is 7. The third-order valence-electron chi connectivity index (χ3n) is 4.25. The first kappa shape index (κ1) is 21.4. The Kier molecular flexibility index (Phi) is 6.51. The second kappa shape index (κ2) is 9.44. The van der Waals surface area contributed by atoms with E-state index in [2.05, 4.69) is 15.6 Å². The molecule has 0 saturated carbocycles. The van der Waals surface area contributed by atoms with Crippen molar-refractivity contribution in [3.8, 4) is 5.75 Å². The van der Waals surface area contributed by atoms with Crippen LogP contribution in [0.25, 0.3) is 0 Å². The van der Waals surface area contributed by atoms with Crippen molar-refractivity contribution in [2.45, 2.75) is 20.4 Å². The topological polar surface area (TPSA) is 129 Å². The summed E-state index contributed by atoms with van der Waals surface area (Å²) in [7, 11) is 0. The molecule has 0 spiro atoms. The summed E-state index contributed by atoms with van der Waals surface area (Å²) in [5, 5.41) is 18.5. The number of benzene rings is 2. The molecule has 3 aromatic rings. The van der Waals surface area contributed by atoms with Crippen molar-refractivity contribution in [2.24, 2.45) is 5.10 Å². The molecule has 1 heterocycles. The molecule has 10 nitrogen and oxygen atoms in total. The number of nitrogens with zero attached hydrogens (tertiary/aromatic N) is 4. The number of ether oxygens (including phenoxy) is 1. The smallest absolute Gasteiger partial charge is 0.343 e. The molecule has 0 fully saturated rings. The lowest BCUT2D eigenvalue weighted by Crippen LogP contribution is -2.24. The fourth-order valence-corrected chi connectivity index (χ4v) is 2.63. The molecular formula is C21H19N5O5. The molecule has 1 aromatic heterocycles. The van der Waals surface area contributed by atoms with Crippen LogP contribution in [0.5, 0.6) is 5.75 Å². The summed E-state index contributed by atoms with van der Waals surface area (Å²) in [6.07, 6.45) is 2.20. The molecule has 158 valence electrons. The number of hydrogen-bond donors (Lipinski definition) is 1. The number of nitro groups is 1. The SMILES string of the molecule is C/C(=N\NC(=O)Cn1cc([N+](=O)[O-])cn1)c1ccccc1OC(=O)c1ccc(C)cc1. The van der Waals surface area contributed by atoms with Gasteiger partial charge in [0.05, 0.1) is 16.2 Å². The van der Waals surface area contributed by atoms with Crippen LogP contribution in [-0.4, -0.2) is 32.3 Å². The van der Waals surface area contributed by atoms with Crippen LogP contribution < -0.4 is 10.2 Å². The first-order chi connectivity index (χ1) is 14.8. The molecule has 1 N–H and O–H groups in total. The van der Waals surface area contributed by atoms with Crippen molar-refractivity contribution in [1.29, 1.82) is 0 Å². The summed E-state index contributed by atoms with van der Waals surface area (Å²) < 4.78 is 6.64. The Morgan fingerprint density at radius 3 is 2.58 bits per heavy atom. The van der Waals surface area contributed by atoms with Gasteiger partial charge in [0.15, 0.2) is 0 Å². The van der Waals surface area contributed by atoms with Gasteiger partial charge in [0.1, 0.15) is 24.7 Å². The highest BCUT2D eigenvalue weighted by Crippen LogP contribution is 2.20. The molecule has 0 bridgehead atoms. The molecule has 10 heteroatoms. The summed E-state index contributed by atoms with van der Waals surface area (Å²) in [5.41, 5.74) is 4.53. The zero-order chi connectivity index (χ0) is 22.4. The largest absolute Gasteiger partial charge is 0.422 e. The maximum Gasteiger partial charge on any atom is 0.343 e. The van der Waals surface area contributed by atoms with E-state index in [-0.39, 0.29) is 12.2 Å². The van der Waals surface area contributed by atoms with Crippen molar-refractivity contribution >= 4 is 23.3 Å². The molecule has 0 aliphatic carbocycles. The van der Waals surface area contributed by atoms with Crippen LogP contribution in [0.15, 0.2) is 66.0 Å². The molecule has 0 saturated heterocycles. The van der Waals surface area contributed by atoms with Gasteiger partial charge in [0.2, 0.25) is 0 Å². The summed E-state index contributed by atoms with van der Waals surface area (Å²) in [5.74, 6) is -0.734. The highest BCUT2D eigenvalue weighted by atomic mass is 16.6. The summed E-state index contributed by atoms with van der Waals surface area (Å²) >= 11 is 0. The minimum Gasteiger partial charge on any atom is -0.422 e. The molecule has 0 radical (unpaired) electrons. The molecular weight excluding hydrogens is 402 g/mol. The predicted octanol–water partition coefficient (Wildman–Crippen LogP) is 2.86. The first-order valence-corrected chi connectivity index (χ1v) is 9.21. The van der Waals surface area contributed by atoms with Crippen molar-refractivity contribution in [1.82, 2.24) is 15.2 Å². The van der Waals surface area contributed by atoms with Crippen LogP contribution in [0.2, 0.25) is 0 Å². The fraction of sp³-hybridized carbons (Fsp3) is 0.143. The average Bonchev–Trinajstić information content (AvgIpc) is 3.21. The number of esters is 1. The Morgan fingerprint density at radius 2 is 1.90 bits per heavy atom. The fourth-order valence-electron chi connectivity index (χ4n) is 2.63.